The maximum Gasteiger partial charge on any atom is 0.307 e. The largest absolute Gasteiger partial charge is 0.486 e. The first kappa shape index (κ1) is 23.6. The number of hydrogen-bond acceptors (Lipinski definition) is 6. The third-order valence-electron chi connectivity index (χ3n) is 4.61. The Labute approximate surface area is 207 Å². The zero-order valence-electron chi connectivity index (χ0n) is 17.1. The van der Waals surface area contributed by atoms with E-state index in [4.69, 9.17) is 44.0 Å². The number of nitrogens with zero attached hydrogens (tertiary/aromatic N) is 2. The highest BCUT2D eigenvalue weighted by Gasteiger charge is 2.13. The van der Waals surface area contributed by atoms with Crippen LogP contribution in [0.4, 0.5) is 5.69 Å². The minimum Gasteiger partial charge on any atom is -0.486 e. The minimum atomic E-state index is -0.544. The number of hydrogen-bond donors (Lipinski definition) is 1. The van der Waals surface area contributed by atoms with Crippen molar-refractivity contribution in [2.45, 2.75) is 6.61 Å². The molecule has 11 heteroatoms. The second kappa shape index (κ2) is 10.1. The van der Waals surface area contributed by atoms with Crippen LogP contribution in [0.25, 0.3) is 11.0 Å². The summed E-state index contributed by atoms with van der Waals surface area (Å²) >= 11 is 18.5. The number of rotatable bonds is 7. The molecule has 0 spiro atoms. The van der Waals surface area contributed by atoms with Gasteiger partial charge in [-0.3, -0.25) is 14.9 Å². The van der Waals surface area contributed by atoms with Crippen molar-refractivity contribution in [1.82, 2.24) is 5.43 Å². The van der Waals surface area contributed by atoms with E-state index in [2.05, 4.69) is 10.5 Å². The maximum atomic E-state index is 12.3. The zero-order chi connectivity index (χ0) is 24.2. The van der Waals surface area contributed by atoms with Gasteiger partial charge in [0.05, 0.1) is 21.2 Å². The van der Waals surface area contributed by atoms with Gasteiger partial charge in [-0.25, -0.2) is 5.43 Å². The van der Waals surface area contributed by atoms with Gasteiger partial charge in [-0.2, -0.15) is 5.10 Å². The molecule has 0 aliphatic carbocycles. The van der Waals surface area contributed by atoms with Crippen LogP contribution >= 0.6 is 34.8 Å². The average molecular weight is 519 g/mol. The molecule has 1 amide bonds. The van der Waals surface area contributed by atoms with Crippen LogP contribution in [0.3, 0.4) is 0 Å². The first-order valence-electron chi connectivity index (χ1n) is 9.68. The van der Waals surface area contributed by atoms with E-state index in [1.807, 2.05) is 0 Å². The van der Waals surface area contributed by atoms with Gasteiger partial charge in [0.1, 0.15) is 12.2 Å². The number of furan rings is 1. The average Bonchev–Trinajstić information content (AvgIpc) is 3.22. The molecule has 0 unspecified atom stereocenters. The standard InChI is InChI=1S/C23H14Cl3N3O5/c24-16-4-5-20-15(9-16)10-21(34-20)23(30)28-27-11-14-7-18(25)22(19(26)8-14)33-12-13-2-1-3-17(6-13)29(31)32/h1-11H,12H2,(H,28,30)/b27-11+. The smallest absolute Gasteiger partial charge is 0.307 e. The fourth-order valence-corrected chi connectivity index (χ4v) is 3.85. The Balaban J connectivity index is 1.41. The lowest BCUT2D eigenvalue weighted by atomic mass is 10.2. The number of nitro groups is 1. The van der Waals surface area contributed by atoms with E-state index in [-0.39, 0.29) is 33.8 Å². The van der Waals surface area contributed by atoms with Gasteiger partial charge in [-0.15, -0.1) is 0 Å². The van der Waals surface area contributed by atoms with Gasteiger partial charge >= 0.3 is 5.91 Å². The molecule has 4 rings (SSSR count). The summed E-state index contributed by atoms with van der Waals surface area (Å²) < 4.78 is 11.1. The van der Waals surface area contributed by atoms with Gasteiger partial charge in [0.15, 0.2) is 11.5 Å². The van der Waals surface area contributed by atoms with Crippen LogP contribution in [0.15, 0.2) is 70.2 Å². The van der Waals surface area contributed by atoms with Gasteiger partial charge < -0.3 is 9.15 Å². The summed E-state index contributed by atoms with van der Waals surface area (Å²) in [5, 5.41) is 16.5. The van der Waals surface area contributed by atoms with Crippen LogP contribution in [-0.2, 0) is 6.61 Å². The molecule has 1 N–H and O–H groups in total. The molecule has 0 fully saturated rings. The lowest BCUT2D eigenvalue weighted by Crippen LogP contribution is -2.16. The van der Waals surface area contributed by atoms with Crippen LogP contribution in [0.5, 0.6) is 5.75 Å². The summed E-state index contributed by atoms with van der Waals surface area (Å²) in [5.74, 6) is -0.245. The number of nitro benzene ring substituents is 1. The highest BCUT2D eigenvalue weighted by atomic mass is 35.5. The zero-order valence-corrected chi connectivity index (χ0v) is 19.4. The predicted octanol–water partition coefficient (Wildman–Crippen LogP) is 6.64. The molecule has 8 nitrogen and oxygen atoms in total. The number of ether oxygens (including phenoxy) is 1. The number of benzene rings is 3. The number of carbonyl (C=O) groups is 1. The Kier molecular flexibility index (Phi) is 7.02. The summed E-state index contributed by atoms with van der Waals surface area (Å²) in [5.41, 5.74) is 3.95. The van der Waals surface area contributed by atoms with Crippen LogP contribution in [0, 0.1) is 10.1 Å². The third-order valence-corrected chi connectivity index (χ3v) is 5.40. The molecule has 0 aliphatic heterocycles. The Hall–Kier alpha value is -3.59. The van der Waals surface area contributed by atoms with Gasteiger partial charge in [-0.05, 0) is 47.5 Å². The lowest BCUT2D eigenvalue weighted by molar-refractivity contribution is -0.384. The summed E-state index contributed by atoms with van der Waals surface area (Å²) in [6.45, 7) is 0.0350. The molecule has 0 saturated carbocycles. The van der Waals surface area contributed by atoms with E-state index in [1.165, 1.54) is 18.3 Å². The summed E-state index contributed by atoms with van der Waals surface area (Å²) in [4.78, 5) is 22.7. The number of halogens is 3. The van der Waals surface area contributed by atoms with E-state index in [0.29, 0.717) is 27.1 Å². The molecule has 4 aromatic rings. The number of non-ortho nitro benzene ring substituents is 1. The van der Waals surface area contributed by atoms with E-state index < -0.39 is 10.8 Å². The van der Waals surface area contributed by atoms with E-state index >= 15 is 0 Å². The number of carbonyl (C=O) groups excluding carboxylic acids is 1. The second-order valence-electron chi connectivity index (χ2n) is 7.02. The van der Waals surface area contributed by atoms with Crippen molar-refractivity contribution in [2.75, 3.05) is 0 Å². The van der Waals surface area contributed by atoms with E-state index in [9.17, 15) is 14.9 Å². The highest BCUT2D eigenvalue weighted by molar-refractivity contribution is 6.37. The van der Waals surface area contributed by atoms with Crippen molar-refractivity contribution in [3.63, 3.8) is 0 Å². The predicted molar refractivity (Wildman–Crippen MR) is 130 cm³/mol. The SMILES string of the molecule is O=C(N/N=C/c1cc(Cl)c(OCc2cccc([N+](=O)[O-])c2)c(Cl)c1)c1cc2cc(Cl)ccc2o1. The topological polar surface area (TPSA) is 107 Å². The second-order valence-corrected chi connectivity index (χ2v) is 8.27. The molecular formula is C23H14Cl3N3O5. The maximum absolute atomic E-state index is 12.3. The van der Waals surface area contributed by atoms with Crippen molar-refractivity contribution in [1.29, 1.82) is 0 Å². The quantitative estimate of drug-likeness (QED) is 0.168. The molecule has 3 aromatic carbocycles. The number of hydrazone groups is 1. The van der Waals surface area contributed by atoms with Crippen LogP contribution in [-0.4, -0.2) is 17.0 Å². The van der Waals surface area contributed by atoms with Crippen molar-refractivity contribution in [3.8, 4) is 5.75 Å². The van der Waals surface area contributed by atoms with Crippen LogP contribution < -0.4 is 10.2 Å². The Morgan fingerprint density at radius 2 is 1.85 bits per heavy atom. The molecule has 0 radical (unpaired) electrons. The van der Waals surface area contributed by atoms with Crippen LogP contribution in [0.2, 0.25) is 15.1 Å². The summed E-state index contributed by atoms with van der Waals surface area (Å²) in [6.07, 6.45) is 1.36. The molecular weight excluding hydrogens is 505 g/mol. The molecule has 1 aromatic heterocycles. The number of amides is 1. The Morgan fingerprint density at radius 1 is 1.09 bits per heavy atom. The highest BCUT2D eigenvalue weighted by Crippen LogP contribution is 2.34. The van der Waals surface area contributed by atoms with Crippen molar-refractivity contribution in [2.24, 2.45) is 5.10 Å². The van der Waals surface area contributed by atoms with E-state index in [0.717, 1.165) is 0 Å². The molecule has 0 atom stereocenters. The first-order valence-corrected chi connectivity index (χ1v) is 10.8. The Bertz CT molecular complexity index is 1410. The first-order chi connectivity index (χ1) is 16.3. The van der Waals surface area contributed by atoms with Crippen molar-refractivity contribution in [3.05, 3.63) is 103 Å². The molecule has 0 aliphatic rings. The van der Waals surface area contributed by atoms with Gasteiger partial charge in [0.2, 0.25) is 0 Å². The summed E-state index contributed by atoms with van der Waals surface area (Å²) in [6, 6.07) is 15.7. The fraction of sp³-hybridized carbons (Fsp3) is 0.0435. The lowest BCUT2D eigenvalue weighted by Gasteiger charge is -2.11. The van der Waals surface area contributed by atoms with E-state index in [1.54, 1.807) is 48.5 Å². The third kappa shape index (κ3) is 5.48. The molecule has 34 heavy (non-hydrogen) atoms. The summed E-state index contributed by atoms with van der Waals surface area (Å²) in [7, 11) is 0. The molecule has 0 saturated heterocycles. The fourth-order valence-electron chi connectivity index (χ4n) is 3.05. The monoisotopic (exact) mass is 517 g/mol. The normalized spacial score (nSPS) is 11.1. The molecule has 172 valence electrons. The van der Waals surface area contributed by atoms with Gasteiger partial charge in [0, 0.05) is 22.5 Å². The molecule has 1 heterocycles. The van der Waals surface area contributed by atoms with Crippen molar-refractivity contribution >= 4 is 63.6 Å². The minimum absolute atomic E-state index is 0.0350. The van der Waals surface area contributed by atoms with Gasteiger partial charge in [0.25, 0.3) is 5.69 Å². The number of fused-ring (bicyclic) bond motifs is 1. The molecule has 0 bridgehead atoms. The number of nitrogens with one attached hydrogen (secondary N) is 1. The van der Waals surface area contributed by atoms with Crippen molar-refractivity contribution < 1.29 is 18.9 Å². The Morgan fingerprint density at radius 3 is 2.59 bits per heavy atom. The van der Waals surface area contributed by atoms with Gasteiger partial charge in [-0.1, -0.05) is 46.9 Å². The van der Waals surface area contributed by atoms with Crippen LogP contribution in [0.1, 0.15) is 21.7 Å².